The third-order valence-electron chi connectivity index (χ3n) is 5.80. The van der Waals surface area contributed by atoms with Crippen LogP contribution in [0.25, 0.3) is 10.8 Å². The molecule has 0 aliphatic carbocycles. The highest BCUT2D eigenvalue weighted by Crippen LogP contribution is 2.42. The average Bonchev–Trinajstić information content (AvgIpc) is 2.89. The minimum atomic E-state index is -4.49. The van der Waals surface area contributed by atoms with Crippen molar-refractivity contribution in [2.45, 2.75) is 25.2 Å². The van der Waals surface area contributed by atoms with Gasteiger partial charge in [-0.05, 0) is 54.6 Å². The Bertz CT molecular complexity index is 1720. The summed E-state index contributed by atoms with van der Waals surface area (Å²) in [5.41, 5.74) is 0.717. The van der Waals surface area contributed by atoms with Crippen molar-refractivity contribution in [2.75, 3.05) is 11.9 Å². The number of hydrogen-bond acceptors (Lipinski definition) is 7. The molecule has 0 spiro atoms. The first-order valence-corrected chi connectivity index (χ1v) is 13.9. The summed E-state index contributed by atoms with van der Waals surface area (Å²) in [7, 11) is -4.49. The molecule has 3 N–H and O–H groups in total. The minimum Gasteiger partial charge on any atom is -0.505 e. The van der Waals surface area contributed by atoms with Crippen LogP contribution in [0.2, 0.25) is 10.0 Å². The van der Waals surface area contributed by atoms with Crippen molar-refractivity contribution >= 4 is 67.1 Å². The van der Waals surface area contributed by atoms with Crippen LogP contribution >= 0.6 is 23.2 Å². The molecule has 0 aliphatic rings. The number of carbonyl (C=O) groups is 1. The molecule has 0 saturated heterocycles. The van der Waals surface area contributed by atoms with E-state index in [4.69, 9.17) is 27.9 Å². The highest BCUT2D eigenvalue weighted by Gasteiger charge is 2.21. The first kappa shape index (κ1) is 28.3. The van der Waals surface area contributed by atoms with E-state index in [0.29, 0.717) is 35.1 Å². The van der Waals surface area contributed by atoms with E-state index in [-0.39, 0.29) is 37.6 Å². The molecule has 0 aromatic heterocycles. The maximum absolute atomic E-state index is 13.3. The maximum atomic E-state index is 13.3. The number of halogens is 2. The number of nitrogens with one attached hydrogen (secondary N) is 1. The number of phenols is 1. The maximum Gasteiger partial charge on any atom is 0.294 e. The summed E-state index contributed by atoms with van der Waals surface area (Å²) < 4.78 is 38.2. The first-order valence-electron chi connectivity index (χ1n) is 11.7. The number of rotatable bonds is 8. The van der Waals surface area contributed by atoms with Gasteiger partial charge < -0.3 is 15.2 Å². The SMILES string of the molecule is CCOc1cccc(Cl)c1NC(=O)c1cc2ccccc2c(N=Nc2c(Cl)cc(S(=O)(=O)O)cc2CC)c1O. The zero-order valence-electron chi connectivity index (χ0n) is 20.8. The van der Waals surface area contributed by atoms with Crippen LogP contribution in [-0.2, 0) is 16.5 Å². The Labute approximate surface area is 234 Å². The standard InChI is InChI=1S/C27H23Cl2N3O6S/c1-3-15-12-17(39(35,36)37)14-21(29)23(15)31-32-24-18-9-6-5-8-16(18)13-19(26(24)33)27(34)30-25-20(28)10-7-11-22(25)38-4-2/h5-14,33H,3-4H2,1-2H3,(H,30,34)(H,35,36,37). The number of phenolic OH excluding ortho intramolecular Hbond substituents is 1. The number of anilines is 1. The highest BCUT2D eigenvalue weighted by molar-refractivity contribution is 7.85. The molecule has 12 heteroatoms. The molecule has 0 aliphatic heterocycles. The first-order chi connectivity index (χ1) is 18.5. The monoisotopic (exact) mass is 587 g/mol. The van der Waals surface area contributed by atoms with Crippen LogP contribution in [-0.4, -0.2) is 30.6 Å². The molecule has 202 valence electrons. The summed E-state index contributed by atoms with van der Waals surface area (Å²) in [6.07, 6.45) is 0.326. The van der Waals surface area contributed by atoms with Crippen molar-refractivity contribution in [3.8, 4) is 11.5 Å². The van der Waals surface area contributed by atoms with Gasteiger partial charge in [0, 0.05) is 5.39 Å². The van der Waals surface area contributed by atoms with Crippen LogP contribution < -0.4 is 10.1 Å². The van der Waals surface area contributed by atoms with Crippen molar-refractivity contribution in [3.63, 3.8) is 0 Å². The molecular weight excluding hydrogens is 565 g/mol. The second-order valence-corrected chi connectivity index (χ2v) is 10.5. The van der Waals surface area contributed by atoms with Gasteiger partial charge in [-0.1, -0.05) is 60.5 Å². The number of para-hydroxylation sites is 1. The van der Waals surface area contributed by atoms with Crippen LogP contribution in [0.15, 0.2) is 75.8 Å². The van der Waals surface area contributed by atoms with E-state index >= 15 is 0 Å². The largest absolute Gasteiger partial charge is 0.505 e. The molecule has 1 amide bonds. The van der Waals surface area contributed by atoms with E-state index in [0.717, 1.165) is 6.07 Å². The molecule has 4 rings (SSSR count). The fourth-order valence-electron chi connectivity index (χ4n) is 3.93. The van der Waals surface area contributed by atoms with Gasteiger partial charge in [0.25, 0.3) is 16.0 Å². The van der Waals surface area contributed by atoms with E-state index in [9.17, 15) is 22.9 Å². The lowest BCUT2D eigenvalue weighted by molar-refractivity contribution is 0.102. The third-order valence-corrected chi connectivity index (χ3v) is 7.23. The van der Waals surface area contributed by atoms with Gasteiger partial charge in [-0.15, -0.1) is 10.2 Å². The third kappa shape index (κ3) is 5.99. The molecule has 4 aromatic rings. The lowest BCUT2D eigenvalue weighted by atomic mass is 10.0. The van der Waals surface area contributed by atoms with Crippen molar-refractivity contribution in [2.24, 2.45) is 10.2 Å². The van der Waals surface area contributed by atoms with Gasteiger partial charge in [0.05, 0.1) is 27.1 Å². The van der Waals surface area contributed by atoms with Gasteiger partial charge >= 0.3 is 0 Å². The van der Waals surface area contributed by atoms with E-state index in [1.165, 1.54) is 12.1 Å². The van der Waals surface area contributed by atoms with E-state index in [1.54, 1.807) is 56.3 Å². The highest BCUT2D eigenvalue weighted by atomic mass is 35.5. The summed E-state index contributed by atoms with van der Waals surface area (Å²) >= 11 is 12.6. The Balaban J connectivity index is 1.82. The second kappa shape index (κ2) is 11.6. The number of ether oxygens (including phenoxy) is 1. The van der Waals surface area contributed by atoms with Gasteiger partial charge in [0.2, 0.25) is 0 Å². The molecule has 0 atom stereocenters. The number of nitrogens with zero attached hydrogens (tertiary/aromatic N) is 2. The van der Waals surface area contributed by atoms with Crippen molar-refractivity contribution in [1.82, 2.24) is 0 Å². The van der Waals surface area contributed by atoms with Gasteiger partial charge in [-0.2, -0.15) is 8.42 Å². The molecule has 0 saturated carbocycles. The molecule has 0 bridgehead atoms. The van der Waals surface area contributed by atoms with Gasteiger partial charge in [-0.3, -0.25) is 9.35 Å². The quantitative estimate of drug-likeness (QED) is 0.142. The fraction of sp³-hybridized carbons (Fsp3) is 0.148. The predicted molar refractivity (Wildman–Crippen MR) is 151 cm³/mol. The number of amides is 1. The van der Waals surface area contributed by atoms with E-state index < -0.39 is 21.8 Å². The lowest BCUT2D eigenvalue weighted by Gasteiger charge is -2.15. The number of aromatic hydroxyl groups is 1. The topological polar surface area (TPSA) is 138 Å². The summed E-state index contributed by atoms with van der Waals surface area (Å²) in [6.45, 7) is 3.90. The number of benzene rings is 4. The van der Waals surface area contributed by atoms with Crippen LogP contribution in [0.4, 0.5) is 17.1 Å². The zero-order chi connectivity index (χ0) is 28.3. The van der Waals surface area contributed by atoms with Crippen molar-refractivity contribution in [3.05, 3.63) is 81.8 Å². The predicted octanol–water partition coefficient (Wildman–Crippen LogP) is 7.73. The average molecular weight is 588 g/mol. The Morgan fingerprint density at radius 3 is 2.38 bits per heavy atom. The van der Waals surface area contributed by atoms with Crippen molar-refractivity contribution in [1.29, 1.82) is 0 Å². The van der Waals surface area contributed by atoms with Gasteiger partial charge in [0.15, 0.2) is 5.75 Å². The molecule has 0 unspecified atom stereocenters. The van der Waals surface area contributed by atoms with Gasteiger partial charge in [0.1, 0.15) is 22.8 Å². The number of hydrogen-bond donors (Lipinski definition) is 3. The van der Waals surface area contributed by atoms with Crippen LogP contribution in [0.3, 0.4) is 0 Å². The molecular formula is C27H23Cl2N3O6S. The molecule has 0 heterocycles. The number of aryl methyl sites for hydroxylation is 1. The summed E-state index contributed by atoms with van der Waals surface area (Å²) in [4.78, 5) is 13.0. The summed E-state index contributed by atoms with van der Waals surface area (Å²) in [6, 6.07) is 15.7. The molecule has 4 aromatic carbocycles. The fourth-order valence-corrected chi connectivity index (χ4v) is 5.05. The van der Waals surface area contributed by atoms with Crippen LogP contribution in [0.5, 0.6) is 11.5 Å². The van der Waals surface area contributed by atoms with E-state index in [1.807, 2.05) is 0 Å². The van der Waals surface area contributed by atoms with Crippen LogP contribution in [0.1, 0.15) is 29.8 Å². The normalized spacial score (nSPS) is 11.7. The second-order valence-electron chi connectivity index (χ2n) is 8.28. The van der Waals surface area contributed by atoms with Gasteiger partial charge in [-0.25, -0.2) is 0 Å². The summed E-state index contributed by atoms with van der Waals surface area (Å²) in [5.74, 6) is -0.731. The smallest absolute Gasteiger partial charge is 0.294 e. The molecule has 0 radical (unpaired) electrons. The number of carbonyl (C=O) groups excluding carboxylic acids is 1. The molecule has 39 heavy (non-hydrogen) atoms. The number of fused-ring (bicyclic) bond motifs is 1. The zero-order valence-corrected chi connectivity index (χ0v) is 23.1. The Hall–Kier alpha value is -3.70. The molecule has 0 fully saturated rings. The Kier molecular flexibility index (Phi) is 8.41. The number of azo groups is 1. The summed E-state index contributed by atoms with van der Waals surface area (Å²) in [5, 5.41) is 23.6. The minimum absolute atomic E-state index is 0.000541. The Morgan fingerprint density at radius 2 is 1.69 bits per heavy atom. The van der Waals surface area contributed by atoms with Crippen LogP contribution in [0, 0.1) is 0 Å². The van der Waals surface area contributed by atoms with Crippen molar-refractivity contribution < 1.29 is 27.6 Å². The molecule has 9 nitrogen and oxygen atoms in total. The lowest BCUT2D eigenvalue weighted by Crippen LogP contribution is -2.14. The Morgan fingerprint density at radius 1 is 0.974 bits per heavy atom. The van der Waals surface area contributed by atoms with E-state index in [2.05, 4.69) is 15.5 Å².